The number of ether oxygens (including phenoxy) is 1. The van der Waals surface area contributed by atoms with Gasteiger partial charge in [-0.25, -0.2) is 9.97 Å². The largest absolute Gasteiger partial charge is 0.489 e. The minimum atomic E-state index is -0.746. The first-order valence-electron chi connectivity index (χ1n) is 11.1. The Labute approximate surface area is 199 Å². The van der Waals surface area contributed by atoms with Gasteiger partial charge in [-0.1, -0.05) is 30.7 Å². The van der Waals surface area contributed by atoms with E-state index in [4.69, 9.17) is 26.4 Å². The van der Waals surface area contributed by atoms with E-state index >= 15 is 0 Å². The summed E-state index contributed by atoms with van der Waals surface area (Å²) in [6, 6.07) is 13.7. The average Bonchev–Trinajstić information content (AvgIpc) is 2.78. The van der Waals surface area contributed by atoms with Crippen LogP contribution in [-0.2, 0) is 24.4 Å². The SMILES string of the molecule is Cc1cc(-c2ncc3c(n2)CCN(CC(C)CC(=O)O)C3)ccc1OCc1ccc(Cl)cc1. The molecule has 6 nitrogen and oxygen atoms in total. The summed E-state index contributed by atoms with van der Waals surface area (Å²) in [5.74, 6) is 0.920. The van der Waals surface area contributed by atoms with Crippen molar-refractivity contribution in [1.29, 1.82) is 0 Å². The number of carboxylic acid groups (broad SMARTS) is 1. The van der Waals surface area contributed by atoms with E-state index in [0.29, 0.717) is 17.5 Å². The van der Waals surface area contributed by atoms with Crippen LogP contribution in [0.5, 0.6) is 5.75 Å². The zero-order valence-corrected chi connectivity index (χ0v) is 19.7. The van der Waals surface area contributed by atoms with Crippen LogP contribution in [0.3, 0.4) is 0 Å². The first-order valence-corrected chi connectivity index (χ1v) is 11.5. The van der Waals surface area contributed by atoms with E-state index in [9.17, 15) is 4.79 Å². The highest BCUT2D eigenvalue weighted by atomic mass is 35.5. The number of hydrogen-bond donors (Lipinski definition) is 1. The molecule has 0 radical (unpaired) electrons. The molecule has 2 heterocycles. The Kier molecular flexibility index (Phi) is 7.26. The van der Waals surface area contributed by atoms with Crippen LogP contribution in [0.2, 0.25) is 5.02 Å². The van der Waals surface area contributed by atoms with Crippen molar-refractivity contribution >= 4 is 17.6 Å². The molecular weight excluding hydrogens is 438 g/mol. The summed E-state index contributed by atoms with van der Waals surface area (Å²) >= 11 is 5.94. The molecule has 0 aliphatic carbocycles. The van der Waals surface area contributed by atoms with Gasteiger partial charge in [0.25, 0.3) is 0 Å². The monoisotopic (exact) mass is 465 g/mol. The lowest BCUT2D eigenvalue weighted by Gasteiger charge is -2.29. The number of rotatable bonds is 8. The number of fused-ring (bicyclic) bond motifs is 1. The second kappa shape index (κ2) is 10.3. The Morgan fingerprint density at radius 2 is 2.03 bits per heavy atom. The lowest BCUT2D eigenvalue weighted by atomic mass is 10.0. The molecular formula is C26H28ClN3O3. The highest BCUT2D eigenvalue weighted by Crippen LogP contribution is 2.27. The van der Waals surface area contributed by atoms with Gasteiger partial charge in [0.05, 0.1) is 5.69 Å². The van der Waals surface area contributed by atoms with Gasteiger partial charge in [-0.15, -0.1) is 0 Å². The third kappa shape index (κ3) is 6.09. The first kappa shape index (κ1) is 23.2. The normalized spacial score (nSPS) is 14.5. The standard InChI is InChI=1S/C26H28ClN3O3/c1-17(11-25(31)32)14-30-10-9-23-21(15-30)13-28-26(29-23)20-5-8-24(18(2)12-20)33-16-19-3-6-22(27)7-4-19/h3-8,12-13,17H,9-11,14-16H2,1-2H3,(H,31,32). The van der Waals surface area contributed by atoms with E-state index in [1.807, 2.05) is 56.4 Å². The maximum Gasteiger partial charge on any atom is 0.303 e. The summed E-state index contributed by atoms with van der Waals surface area (Å²) in [5.41, 5.74) is 5.25. The first-order chi connectivity index (χ1) is 15.9. The fourth-order valence-corrected chi connectivity index (χ4v) is 4.29. The molecule has 0 bridgehead atoms. The quantitative estimate of drug-likeness (QED) is 0.495. The fraction of sp³-hybridized carbons (Fsp3) is 0.346. The zero-order chi connectivity index (χ0) is 23.4. The van der Waals surface area contributed by atoms with Crippen LogP contribution in [0.15, 0.2) is 48.7 Å². The molecule has 1 aliphatic rings. The average molecular weight is 466 g/mol. The van der Waals surface area contributed by atoms with E-state index in [1.165, 1.54) is 0 Å². The predicted octanol–water partition coefficient (Wildman–Crippen LogP) is 5.15. The van der Waals surface area contributed by atoms with Gasteiger partial charge in [0.2, 0.25) is 0 Å². The minimum Gasteiger partial charge on any atom is -0.489 e. The Morgan fingerprint density at radius 1 is 1.24 bits per heavy atom. The molecule has 1 N–H and O–H groups in total. The number of carboxylic acids is 1. The molecule has 1 aliphatic heterocycles. The van der Waals surface area contributed by atoms with Crippen LogP contribution in [-0.4, -0.2) is 39.0 Å². The maximum absolute atomic E-state index is 10.9. The van der Waals surface area contributed by atoms with Gasteiger partial charge in [-0.05, 0) is 54.3 Å². The predicted molar refractivity (Wildman–Crippen MR) is 128 cm³/mol. The Hall–Kier alpha value is -2.96. The highest BCUT2D eigenvalue weighted by Gasteiger charge is 2.21. The summed E-state index contributed by atoms with van der Waals surface area (Å²) in [4.78, 5) is 22.7. The summed E-state index contributed by atoms with van der Waals surface area (Å²) in [6.45, 7) is 6.89. The molecule has 33 heavy (non-hydrogen) atoms. The molecule has 1 atom stereocenters. The van der Waals surface area contributed by atoms with Gasteiger partial charge < -0.3 is 9.84 Å². The van der Waals surface area contributed by atoms with Crippen LogP contribution in [0, 0.1) is 12.8 Å². The minimum absolute atomic E-state index is 0.118. The van der Waals surface area contributed by atoms with Crippen molar-refractivity contribution in [1.82, 2.24) is 14.9 Å². The lowest BCUT2D eigenvalue weighted by molar-refractivity contribution is -0.138. The molecule has 1 unspecified atom stereocenters. The molecule has 0 amide bonds. The molecule has 1 aromatic heterocycles. The summed E-state index contributed by atoms with van der Waals surface area (Å²) in [5, 5.41) is 9.70. The van der Waals surface area contributed by atoms with Gasteiger partial charge >= 0.3 is 5.97 Å². The van der Waals surface area contributed by atoms with Crippen LogP contribution >= 0.6 is 11.6 Å². The Balaban J connectivity index is 1.41. The second-order valence-corrected chi connectivity index (χ2v) is 9.19. The number of carbonyl (C=O) groups is 1. The molecule has 0 saturated heterocycles. The van der Waals surface area contributed by atoms with E-state index < -0.39 is 5.97 Å². The van der Waals surface area contributed by atoms with E-state index in [1.54, 1.807) is 0 Å². The van der Waals surface area contributed by atoms with Crippen molar-refractivity contribution in [2.45, 2.75) is 39.8 Å². The lowest BCUT2D eigenvalue weighted by Crippen LogP contribution is -2.35. The number of aryl methyl sites for hydroxylation is 1. The fourth-order valence-electron chi connectivity index (χ4n) is 4.17. The molecule has 3 aromatic rings. The van der Waals surface area contributed by atoms with Gasteiger partial charge in [0, 0.05) is 54.8 Å². The van der Waals surface area contributed by atoms with Gasteiger partial charge in [-0.3, -0.25) is 9.69 Å². The molecule has 4 rings (SSSR count). The van der Waals surface area contributed by atoms with Crippen LogP contribution < -0.4 is 4.74 Å². The number of hydrogen-bond acceptors (Lipinski definition) is 5. The van der Waals surface area contributed by atoms with Crippen LogP contribution in [0.4, 0.5) is 0 Å². The van der Waals surface area contributed by atoms with Gasteiger partial charge in [-0.2, -0.15) is 0 Å². The molecule has 172 valence electrons. The maximum atomic E-state index is 10.9. The van der Waals surface area contributed by atoms with Gasteiger partial charge in [0.1, 0.15) is 12.4 Å². The number of nitrogens with zero attached hydrogens (tertiary/aromatic N) is 3. The molecule has 0 spiro atoms. The van der Waals surface area contributed by atoms with Crippen LogP contribution in [0.25, 0.3) is 11.4 Å². The van der Waals surface area contributed by atoms with E-state index in [2.05, 4.69) is 16.0 Å². The van der Waals surface area contributed by atoms with Crippen molar-refractivity contribution in [2.75, 3.05) is 13.1 Å². The molecule has 2 aromatic carbocycles. The number of benzene rings is 2. The van der Waals surface area contributed by atoms with Crippen molar-refractivity contribution in [2.24, 2.45) is 5.92 Å². The summed E-state index contributed by atoms with van der Waals surface area (Å²) < 4.78 is 5.99. The van der Waals surface area contributed by atoms with Crippen molar-refractivity contribution < 1.29 is 14.6 Å². The molecule has 0 saturated carbocycles. The van der Waals surface area contributed by atoms with Gasteiger partial charge in [0.15, 0.2) is 5.82 Å². The van der Waals surface area contributed by atoms with Crippen molar-refractivity contribution in [3.63, 3.8) is 0 Å². The van der Waals surface area contributed by atoms with Crippen LogP contribution in [0.1, 0.15) is 35.7 Å². The number of halogens is 1. The summed E-state index contributed by atoms with van der Waals surface area (Å²) in [7, 11) is 0. The topological polar surface area (TPSA) is 75.6 Å². The number of aliphatic carboxylic acids is 1. The highest BCUT2D eigenvalue weighted by molar-refractivity contribution is 6.30. The molecule has 7 heteroatoms. The van der Waals surface area contributed by atoms with Crippen molar-refractivity contribution in [3.05, 3.63) is 76.1 Å². The molecule has 0 fully saturated rings. The van der Waals surface area contributed by atoms with E-state index in [-0.39, 0.29) is 12.3 Å². The Morgan fingerprint density at radius 3 is 2.76 bits per heavy atom. The van der Waals surface area contributed by atoms with Crippen molar-refractivity contribution in [3.8, 4) is 17.1 Å². The second-order valence-electron chi connectivity index (χ2n) is 8.75. The van der Waals surface area contributed by atoms with E-state index in [0.717, 1.165) is 59.8 Å². The third-order valence-corrected chi connectivity index (χ3v) is 6.10. The number of aromatic nitrogens is 2. The third-order valence-electron chi connectivity index (χ3n) is 5.85. The zero-order valence-electron chi connectivity index (χ0n) is 18.9. The summed E-state index contributed by atoms with van der Waals surface area (Å²) in [6.07, 6.45) is 2.94. The Bertz CT molecular complexity index is 1130. The smallest absolute Gasteiger partial charge is 0.303 e.